The molecule has 0 heterocycles. The monoisotopic (exact) mass is 182 g/mol. The summed E-state index contributed by atoms with van der Waals surface area (Å²) in [5.74, 6) is 1.98. The van der Waals surface area contributed by atoms with Gasteiger partial charge in [-0.25, -0.2) is 0 Å². The third-order valence-electron chi connectivity index (χ3n) is 3.04. The molecule has 1 fully saturated rings. The molecule has 0 spiro atoms. The number of hydrogen-bond donors (Lipinski definition) is 1. The molecular formula is C11H20NO. The van der Waals surface area contributed by atoms with Crippen LogP contribution in [-0.4, -0.2) is 6.41 Å². The summed E-state index contributed by atoms with van der Waals surface area (Å²) in [6.07, 6.45) is 4.42. The van der Waals surface area contributed by atoms with Crippen LogP contribution in [0, 0.1) is 23.8 Å². The Hall–Kier alpha value is -0.530. The van der Waals surface area contributed by atoms with Crippen LogP contribution in [0.2, 0.25) is 0 Å². The summed E-state index contributed by atoms with van der Waals surface area (Å²) >= 11 is 0. The van der Waals surface area contributed by atoms with Crippen molar-refractivity contribution in [1.82, 2.24) is 5.32 Å². The summed E-state index contributed by atoms with van der Waals surface area (Å²) in [6, 6.07) is 1.25. The second-order valence-electron chi connectivity index (χ2n) is 4.52. The Morgan fingerprint density at radius 2 is 2.15 bits per heavy atom. The highest BCUT2D eigenvalue weighted by Crippen LogP contribution is 2.37. The van der Waals surface area contributed by atoms with Crippen molar-refractivity contribution in [1.29, 1.82) is 0 Å². The largest absolute Gasteiger partial charge is 0.351 e. The van der Waals surface area contributed by atoms with Crippen LogP contribution in [0.4, 0.5) is 0 Å². The topological polar surface area (TPSA) is 29.1 Å². The lowest BCUT2D eigenvalue weighted by Gasteiger charge is -2.36. The van der Waals surface area contributed by atoms with Gasteiger partial charge in [0.05, 0.1) is 6.04 Å². The minimum absolute atomic E-state index is 0.599. The van der Waals surface area contributed by atoms with Crippen LogP contribution in [0.5, 0.6) is 0 Å². The molecule has 1 amide bonds. The van der Waals surface area contributed by atoms with Crippen LogP contribution >= 0.6 is 0 Å². The summed E-state index contributed by atoms with van der Waals surface area (Å²) < 4.78 is 0. The Kier molecular flexibility index (Phi) is 3.76. The van der Waals surface area contributed by atoms with Gasteiger partial charge in [-0.3, -0.25) is 4.79 Å². The van der Waals surface area contributed by atoms with E-state index in [0.29, 0.717) is 11.8 Å². The molecule has 2 nitrogen and oxygen atoms in total. The predicted molar refractivity (Wildman–Crippen MR) is 53.8 cm³/mol. The first-order valence-electron chi connectivity index (χ1n) is 5.21. The molecule has 1 aliphatic carbocycles. The molecule has 2 atom stereocenters. The Balaban J connectivity index is 2.54. The lowest BCUT2D eigenvalue weighted by Crippen LogP contribution is -2.35. The second kappa shape index (κ2) is 4.64. The molecular weight excluding hydrogens is 162 g/mol. The third-order valence-corrected chi connectivity index (χ3v) is 3.04. The Morgan fingerprint density at radius 1 is 1.46 bits per heavy atom. The number of amides is 1. The molecule has 1 N–H and O–H groups in total. The molecule has 1 radical (unpaired) electrons. The first kappa shape index (κ1) is 10.6. The average molecular weight is 182 g/mol. The van der Waals surface area contributed by atoms with E-state index in [1.807, 2.05) is 0 Å². The summed E-state index contributed by atoms with van der Waals surface area (Å²) in [6.45, 7) is 6.71. The fourth-order valence-corrected chi connectivity index (χ4v) is 2.24. The highest BCUT2D eigenvalue weighted by Gasteiger charge is 2.30. The van der Waals surface area contributed by atoms with Crippen LogP contribution in [0.3, 0.4) is 0 Å². The van der Waals surface area contributed by atoms with E-state index in [1.54, 1.807) is 0 Å². The van der Waals surface area contributed by atoms with Gasteiger partial charge in [0, 0.05) is 0 Å². The smallest absolute Gasteiger partial charge is 0.207 e. The van der Waals surface area contributed by atoms with Gasteiger partial charge in [-0.05, 0) is 30.6 Å². The van der Waals surface area contributed by atoms with Crippen LogP contribution in [0.15, 0.2) is 0 Å². The van der Waals surface area contributed by atoms with Crippen molar-refractivity contribution < 1.29 is 4.79 Å². The van der Waals surface area contributed by atoms with E-state index in [4.69, 9.17) is 0 Å². The Bertz CT molecular complexity index is 167. The lowest BCUT2D eigenvalue weighted by molar-refractivity contribution is -0.109. The zero-order valence-corrected chi connectivity index (χ0v) is 8.84. The highest BCUT2D eigenvalue weighted by atomic mass is 16.1. The molecule has 0 saturated heterocycles. The van der Waals surface area contributed by atoms with E-state index in [-0.39, 0.29) is 0 Å². The molecule has 13 heavy (non-hydrogen) atoms. The molecule has 0 bridgehead atoms. The summed E-state index contributed by atoms with van der Waals surface area (Å²) in [4.78, 5) is 10.4. The van der Waals surface area contributed by atoms with Gasteiger partial charge in [-0.15, -0.1) is 0 Å². The van der Waals surface area contributed by atoms with Gasteiger partial charge in [-0.1, -0.05) is 27.2 Å². The molecule has 1 saturated carbocycles. The van der Waals surface area contributed by atoms with Gasteiger partial charge in [0.15, 0.2) is 0 Å². The molecule has 1 aliphatic rings. The fourth-order valence-electron chi connectivity index (χ4n) is 2.24. The normalized spacial score (nSPS) is 30.5. The molecule has 2 unspecified atom stereocenters. The van der Waals surface area contributed by atoms with E-state index >= 15 is 0 Å². The zero-order valence-electron chi connectivity index (χ0n) is 8.84. The minimum Gasteiger partial charge on any atom is -0.351 e. The number of carbonyl (C=O) groups is 1. The van der Waals surface area contributed by atoms with Crippen molar-refractivity contribution in [2.75, 3.05) is 0 Å². The maximum Gasteiger partial charge on any atom is 0.207 e. The molecule has 0 aromatic rings. The summed E-state index contributed by atoms with van der Waals surface area (Å²) in [5.41, 5.74) is 0. The summed E-state index contributed by atoms with van der Waals surface area (Å²) in [5, 5.41) is 2.88. The predicted octanol–water partition coefficient (Wildman–Crippen LogP) is 2.36. The number of hydrogen-bond acceptors (Lipinski definition) is 1. The summed E-state index contributed by atoms with van der Waals surface area (Å²) in [7, 11) is 0. The fraction of sp³-hybridized carbons (Fsp3) is 0.818. The highest BCUT2D eigenvalue weighted by molar-refractivity contribution is 5.49. The second-order valence-corrected chi connectivity index (χ2v) is 4.52. The van der Waals surface area contributed by atoms with E-state index in [1.165, 1.54) is 18.9 Å². The van der Waals surface area contributed by atoms with Crippen molar-refractivity contribution in [3.8, 4) is 0 Å². The number of carbonyl (C=O) groups excluding carboxylic acids is 1. The Labute approximate surface area is 81.1 Å². The van der Waals surface area contributed by atoms with Gasteiger partial charge in [0.2, 0.25) is 6.41 Å². The number of nitrogens with one attached hydrogen (secondary N) is 1. The average Bonchev–Trinajstić information content (AvgIpc) is 2.04. The van der Waals surface area contributed by atoms with Gasteiger partial charge in [-0.2, -0.15) is 0 Å². The molecule has 1 rings (SSSR count). The van der Waals surface area contributed by atoms with Crippen molar-refractivity contribution in [2.45, 2.75) is 40.0 Å². The zero-order chi connectivity index (χ0) is 9.84. The molecule has 0 aromatic heterocycles. The lowest BCUT2D eigenvalue weighted by atomic mass is 9.74. The molecule has 75 valence electrons. The van der Waals surface area contributed by atoms with Crippen molar-refractivity contribution in [2.24, 2.45) is 17.8 Å². The van der Waals surface area contributed by atoms with Gasteiger partial charge in [0.1, 0.15) is 0 Å². The standard InChI is InChI=1S/C11H20NO/c1-8(2)10-5-4-9(3)6-11(10)12-7-13/h7-10H,4-6H2,1-3H3,(H,12,13). The first-order chi connectivity index (χ1) is 6.15. The minimum atomic E-state index is 0.599. The van der Waals surface area contributed by atoms with Crippen LogP contribution < -0.4 is 5.32 Å². The van der Waals surface area contributed by atoms with Crippen molar-refractivity contribution >= 4 is 6.41 Å². The third kappa shape index (κ3) is 2.71. The first-order valence-corrected chi connectivity index (χ1v) is 5.21. The van der Waals surface area contributed by atoms with E-state index in [2.05, 4.69) is 26.1 Å². The maximum atomic E-state index is 10.4. The van der Waals surface area contributed by atoms with E-state index in [9.17, 15) is 4.79 Å². The van der Waals surface area contributed by atoms with Crippen LogP contribution in [0.25, 0.3) is 0 Å². The van der Waals surface area contributed by atoms with Gasteiger partial charge in [0.25, 0.3) is 0 Å². The van der Waals surface area contributed by atoms with Crippen LogP contribution in [-0.2, 0) is 4.79 Å². The maximum absolute atomic E-state index is 10.4. The molecule has 0 aromatic carbocycles. The molecule has 0 aliphatic heterocycles. The SMILES string of the molecule is CC1CCC(C(C)C)[C](NC=O)C1. The van der Waals surface area contributed by atoms with Gasteiger partial charge < -0.3 is 5.32 Å². The number of rotatable bonds is 3. The van der Waals surface area contributed by atoms with Crippen molar-refractivity contribution in [3.63, 3.8) is 0 Å². The van der Waals surface area contributed by atoms with E-state index < -0.39 is 0 Å². The quantitative estimate of drug-likeness (QED) is 0.667. The van der Waals surface area contributed by atoms with Gasteiger partial charge >= 0.3 is 0 Å². The Morgan fingerprint density at radius 3 is 2.69 bits per heavy atom. The van der Waals surface area contributed by atoms with Crippen LogP contribution in [0.1, 0.15) is 40.0 Å². The molecule has 2 heteroatoms. The van der Waals surface area contributed by atoms with Crippen molar-refractivity contribution in [3.05, 3.63) is 6.04 Å². The van der Waals surface area contributed by atoms with E-state index in [0.717, 1.165) is 18.7 Å².